The number of benzene rings is 3. The maximum absolute atomic E-state index is 13.8. The summed E-state index contributed by atoms with van der Waals surface area (Å²) in [5.41, 5.74) is 10.5. The number of carbonyl (C=O) groups excluding carboxylic acids is 1. The Morgan fingerprint density at radius 2 is 1.85 bits per heavy atom. The Kier molecular flexibility index (Phi) is 6.88. The Balaban J connectivity index is 1.46. The SMILES string of the molecule is Cc1cc2cc(C)c1C(=O)N1CCc3ccc(cc3C1)C(CC(=O)O)c1ccc3c(nnn3CCCOC2)c1C. The van der Waals surface area contributed by atoms with Crippen LogP contribution < -0.4 is 0 Å². The highest BCUT2D eigenvalue weighted by atomic mass is 16.5. The average Bonchev–Trinajstić information content (AvgIpc) is 3.34. The zero-order chi connectivity index (χ0) is 28.0. The highest BCUT2D eigenvalue weighted by molar-refractivity contribution is 5.97. The van der Waals surface area contributed by atoms with Crippen LogP contribution >= 0.6 is 0 Å². The second kappa shape index (κ2) is 10.5. The summed E-state index contributed by atoms with van der Waals surface area (Å²) >= 11 is 0. The summed E-state index contributed by atoms with van der Waals surface area (Å²) in [5, 5.41) is 18.8. The normalized spacial score (nSPS) is 17.6. The smallest absolute Gasteiger partial charge is 0.304 e. The van der Waals surface area contributed by atoms with Crippen LogP contribution in [0.25, 0.3) is 11.0 Å². The van der Waals surface area contributed by atoms with Gasteiger partial charge in [-0.05, 0) is 84.2 Å². The van der Waals surface area contributed by atoms with Crippen molar-refractivity contribution in [2.75, 3.05) is 13.2 Å². The first-order valence-corrected chi connectivity index (χ1v) is 13.9. The zero-order valence-corrected chi connectivity index (χ0v) is 23.2. The molecule has 8 nitrogen and oxygen atoms in total. The van der Waals surface area contributed by atoms with Crippen LogP contribution in [0.3, 0.4) is 0 Å². The second-order valence-corrected chi connectivity index (χ2v) is 11.1. The Hall–Kier alpha value is -4.04. The number of ether oxygens (including phenoxy) is 1. The Labute approximate surface area is 233 Å². The molecule has 8 heteroatoms. The first-order valence-electron chi connectivity index (χ1n) is 13.9. The third-order valence-corrected chi connectivity index (χ3v) is 8.40. The standard InChI is InChI=1S/C32H34N4O4/c1-19-13-22-14-20(2)30(19)32(39)35-11-9-23-5-6-24(15-25(23)17-35)27(16-29(37)38)26-7-8-28-31(21(26)3)33-34-36(28)10-4-12-40-18-22/h5-8,13-15,27H,4,9-12,16-18H2,1-3H3,(H,37,38). The van der Waals surface area contributed by atoms with Gasteiger partial charge in [0.1, 0.15) is 5.52 Å². The molecular weight excluding hydrogens is 504 g/mol. The molecule has 1 aromatic heterocycles. The number of aliphatic carboxylic acids is 1. The first-order chi connectivity index (χ1) is 19.3. The predicted octanol–water partition coefficient (Wildman–Crippen LogP) is 5.08. The average molecular weight is 539 g/mol. The number of nitrogens with zero attached hydrogens (tertiary/aromatic N) is 4. The minimum Gasteiger partial charge on any atom is -0.481 e. The molecule has 9 rings (SSSR count). The molecule has 206 valence electrons. The molecule has 40 heavy (non-hydrogen) atoms. The van der Waals surface area contributed by atoms with E-state index in [4.69, 9.17) is 4.74 Å². The van der Waals surface area contributed by atoms with Gasteiger partial charge in [0.05, 0.1) is 18.5 Å². The van der Waals surface area contributed by atoms with E-state index < -0.39 is 5.97 Å². The van der Waals surface area contributed by atoms with E-state index in [0.29, 0.717) is 32.8 Å². The van der Waals surface area contributed by atoms with Gasteiger partial charge in [0.25, 0.3) is 5.91 Å². The lowest BCUT2D eigenvalue weighted by Gasteiger charge is -2.31. The summed E-state index contributed by atoms with van der Waals surface area (Å²) in [6, 6.07) is 14.4. The molecule has 3 aromatic carbocycles. The molecule has 5 aliphatic rings. The summed E-state index contributed by atoms with van der Waals surface area (Å²) in [6.07, 6.45) is 1.51. The van der Waals surface area contributed by atoms with Crippen LogP contribution in [0.2, 0.25) is 0 Å². The van der Waals surface area contributed by atoms with Gasteiger partial charge >= 0.3 is 5.97 Å². The molecule has 0 saturated heterocycles. The van der Waals surface area contributed by atoms with Crippen LogP contribution in [0, 0.1) is 20.8 Å². The van der Waals surface area contributed by atoms with Crippen molar-refractivity contribution in [3.8, 4) is 0 Å². The summed E-state index contributed by atoms with van der Waals surface area (Å²) in [5.74, 6) is -1.17. The van der Waals surface area contributed by atoms with E-state index in [1.807, 2.05) is 48.6 Å². The Bertz CT molecular complexity index is 1620. The maximum Gasteiger partial charge on any atom is 0.304 e. The first kappa shape index (κ1) is 26.2. The summed E-state index contributed by atoms with van der Waals surface area (Å²) in [7, 11) is 0. The number of rotatable bonds is 2. The molecule has 5 aliphatic heterocycles. The third-order valence-electron chi connectivity index (χ3n) is 8.40. The fourth-order valence-electron chi connectivity index (χ4n) is 6.41. The fraction of sp³-hybridized carbons (Fsp3) is 0.375. The van der Waals surface area contributed by atoms with E-state index in [0.717, 1.165) is 68.4 Å². The van der Waals surface area contributed by atoms with Gasteiger partial charge in [-0.25, -0.2) is 4.68 Å². The van der Waals surface area contributed by atoms with Gasteiger partial charge in [0.2, 0.25) is 0 Å². The molecule has 0 aliphatic carbocycles. The molecule has 1 unspecified atom stereocenters. The minimum atomic E-state index is -0.859. The largest absolute Gasteiger partial charge is 0.481 e. The number of amides is 1. The predicted molar refractivity (Wildman–Crippen MR) is 151 cm³/mol. The van der Waals surface area contributed by atoms with Crippen molar-refractivity contribution in [2.45, 2.75) is 65.6 Å². The molecule has 0 radical (unpaired) electrons. The molecule has 1 atom stereocenters. The summed E-state index contributed by atoms with van der Waals surface area (Å²) in [4.78, 5) is 27.7. The molecule has 0 fully saturated rings. The van der Waals surface area contributed by atoms with Crippen molar-refractivity contribution in [3.05, 3.63) is 92.5 Å². The second-order valence-electron chi connectivity index (χ2n) is 11.1. The van der Waals surface area contributed by atoms with E-state index >= 15 is 0 Å². The quantitative estimate of drug-likeness (QED) is 0.382. The Morgan fingerprint density at radius 3 is 2.62 bits per heavy atom. The number of hydrogen-bond donors (Lipinski definition) is 1. The highest BCUT2D eigenvalue weighted by Crippen LogP contribution is 2.35. The highest BCUT2D eigenvalue weighted by Gasteiger charge is 2.27. The lowest BCUT2D eigenvalue weighted by Crippen LogP contribution is -2.36. The number of aromatic nitrogens is 3. The van der Waals surface area contributed by atoms with Gasteiger partial charge in [-0.2, -0.15) is 0 Å². The van der Waals surface area contributed by atoms with Crippen molar-refractivity contribution in [1.29, 1.82) is 0 Å². The zero-order valence-electron chi connectivity index (χ0n) is 23.2. The number of carboxylic acid groups (broad SMARTS) is 1. The Morgan fingerprint density at radius 1 is 1.05 bits per heavy atom. The molecule has 0 saturated carbocycles. The van der Waals surface area contributed by atoms with E-state index in [-0.39, 0.29) is 18.2 Å². The van der Waals surface area contributed by atoms with Crippen LogP contribution in [0.15, 0.2) is 42.5 Å². The minimum absolute atomic E-state index is 0.0372. The molecule has 0 spiro atoms. The van der Waals surface area contributed by atoms with Crippen LogP contribution in [-0.2, 0) is 35.6 Å². The number of carbonyl (C=O) groups is 2. The van der Waals surface area contributed by atoms with Crippen molar-refractivity contribution in [3.63, 3.8) is 0 Å². The van der Waals surface area contributed by atoms with Crippen molar-refractivity contribution in [1.82, 2.24) is 19.9 Å². The molecule has 4 aromatic rings. The fourth-order valence-corrected chi connectivity index (χ4v) is 6.41. The van der Waals surface area contributed by atoms with Crippen LogP contribution in [-0.4, -0.2) is 50.0 Å². The van der Waals surface area contributed by atoms with Crippen LogP contribution in [0.1, 0.15) is 73.6 Å². The van der Waals surface area contributed by atoms with E-state index in [9.17, 15) is 14.7 Å². The topological polar surface area (TPSA) is 97.5 Å². The van der Waals surface area contributed by atoms with Gasteiger partial charge in [-0.1, -0.05) is 41.6 Å². The van der Waals surface area contributed by atoms with Crippen molar-refractivity contribution in [2.24, 2.45) is 0 Å². The van der Waals surface area contributed by atoms with Crippen molar-refractivity contribution >= 4 is 22.9 Å². The lowest BCUT2D eigenvalue weighted by atomic mass is 9.83. The summed E-state index contributed by atoms with van der Waals surface area (Å²) < 4.78 is 7.88. The van der Waals surface area contributed by atoms with Gasteiger partial charge in [-0.15, -0.1) is 5.10 Å². The molecule has 1 amide bonds. The van der Waals surface area contributed by atoms with Crippen molar-refractivity contribution < 1.29 is 19.4 Å². The number of carboxylic acids is 1. The van der Waals surface area contributed by atoms with E-state index in [1.165, 1.54) is 5.56 Å². The third kappa shape index (κ3) is 4.77. The lowest BCUT2D eigenvalue weighted by molar-refractivity contribution is -0.137. The maximum atomic E-state index is 13.8. The van der Waals surface area contributed by atoms with Gasteiger partial charge in [0.15, 0.2) is 0 Å². The van der Waals surface area contributed by atoms with Crippen LogP contribution in [0.5, 0.6) is 0 Å². The van der Waals surface area contributed by atoms with Gasteiger partial charge < -0.3 is 14.7 Å². The molecular formula is C32H34N4O4. The monoisotopic (exact) mass is 538 g/mol. The number of hydrogen-bond acceptors (Lipinski definition) is 5. The number of aryl methyl sites for hydroxylation is 4. The van der Waals surface area contributed by atoms with Gasteiger partial charge in [0, 0.05) is 37.7 Å². The summed E-state index contributed by atoms with van der Waals surface area (Å²) in [6.45, 7) is 8.86. The van der Waals surface area contributed by atoms with Crippen LogP contribution in [0.4, 0.5) is 0 Å². The molecule has 6 heterocycles. The molecule has 1 N–H and O–H groups in total. The van der Waals surface area contributed by atoms with Gasteiger partial charge in [-0.3, -0.25) is 9.59 Å². The van der Waals surface area contributed by atoms with E-state index in [2.05, 4.69) is 34.6 Å². The molecule has 9 bridgehead atoms. The van der Waals surface area contributed by atoms with E-state index in [1.54, 1.807) is 0 Å².